The molecule has 1 N–H and O–H groups in total. The summed E-state index contributed by atoms with van der Waals surface area (Å²) < 4.78 is 0. The molecule has 0 radical (unpaired) electrons. The Labute approximate surface area is 145 Å². The molecule has 0 bridgehead atoms. The Kier molecular flexibility index (Phi) is 4.96. The maximum atomic E-state index is 12.6. The van der Waals surface area contributed by atoms with Crippen LogP contribution in [0.2, 0.25) is 0 Å². The third-order valence-electron chi connectivity index (χ3n) is 5.05. The first kappa shape index (κ1) is 17.3. The fraction of sp³-hybridized carbons (Fsp3) is 0.588. The van der Waals surface area contributed by atoms with Gasteiger partial charge in [0.05, 0.1) is 4.92 Å². The van der Waals surface area contributed by atoms with Crippen LogP contribution in [0, 0.1) is 23.0 Å². The lowest BCUT2D eigenvalue weighted by Crippen LogP contribution is -2.45. The van der Waals surface area contributed by atoms with Crippen molar-refractivity contribution in [1.82, 2.24) is 9.88 Å². The topological polar surface area (TPSA) is 105 Å². The Hall–Kier alpha value is -2.51. The summed E-state index contributed by atoms with van der Waals surface area (Å²) in [6, 6.07) is 2.26. The van der Waals surface area contributed by atoms with Crippen molar-refractivity contribution < 1.29 is 14.5 Å². The molecule has 1 aromatic heterocycles. The second-order valence-corrected chi connectivity index (χ2v) is 6.72. The quantitative estimate of drug-likeness (QED) is 0.666. The van der Waals surface area contributed by atoms with Crippen molar-refractivity contribution in [1.29, 1.82) is 0 Å². The van der Waals surface area contributed by atoms with Crippen LogP contribution in [0.4, 0.5) is 11.5 Å². The zero-order chi connectivity index (χ0) is 18.0. The van der Waals surface area contributed by atoms with E-state index < -0.39 is 11.0 Å². The predicted molar refractivity (Wildman–Crippen MR) is 91.0 cm³/mol. The molecule has 0 unspecified atom stereocenters. The summed E-state index contributed by atoms with van der Waals surface area (Å²) in [5.41, 5.74) is 0.157. The molecule has 1 aliphatic carbocycles. The van der Waals surface area contributed by atoms with Gasteiger partial charge in [0.1, 0.15) is 17.6 Å². The van der Waals surface area contributed by atoms with Crippen LogP contribution in [0.15, 0.2) is 12.1 Å². The lowest BCUT2D eigenvalue weighted by Gasteiger charge is -2.26. The van der Waals surface area contributed by atoms with Gasteiger partial charge in [0.2, 0.25) is 11.8 Å². The van der Waals surface area contributed by atoms with Gasteiger partial charge in [-0.3, -0.25) is 19.7 Å². The molecule has 2 aliphatic rings. The Morgan fingerprint density at radius 1 is 1.24 bits per heavy atom. The number of amides is 2. The van der Waals surface area contributed by atoms with Crippen molar-refractivity contribution in [2.45, 2.75) is 51.5 Å². The number of aryl methyl sites for hydroxylation is 1. The maximum absolute atomic E-state index is 12.6. The van der Waals surface area contributed by atoms with Crippen molar-refractivity contribution in [3.05, 3.63) is 27.9 Å². The minimum absolute atomic E-state index is 0.0492. The molecule has 25 heavy (non-hydrogen) atoms. The van der Waals surface area contributed by atoms with Gasteiger partial charge in [-0.05, 0) is 38.7 Å². The number of rotatable bonds is 4. The Morgan fingerprint density at radius 3 is 2.60 bits per heavy atom. The molecule has 0 spiro atoms. The number of aromatic nitrogens is 1. The smallest absolute Gasteiger partial charge is 0.290 e. The van der Waals surface area contributed by atoms with E-state index in [4.69, 9.17) is 0 Å². The van der Waals surface area contributed by atoms with E-state index in [1.165, 1.54) is 19.1 Å². The first-order valence-corrected chi connectivity index (χ1v) is 8.71. The van der Waals surface area contributed by atoms with E-state index in [1.807, 2.05) is 0 Å². The highest BCUT2D eigenvalue weighted by Crippen LogP contribution is 2.30. The standard InChI is InChI=1S/C17H22N4O4/c1-11-13(21(24)25)8-9-15(18-11)19-16(22)14-7-4-10-20(14)17(23)12-5-2-3-6-12/h8-9,12,14H,2-7,10H2,1H3,(H,18,19,22)/t14-/m0/s1. The number of hydrogen-bond acceptors (Lipinski definition) is 5. The van der Waals surface area contributed by atoms with E-state index in [0.717, 1.165) is 32.1 Å². The average Bonchev–Trinajstić information content (AvgIpc) is 3.25. The maximum Gasteiger partial charge on any atom is 0.290 e. The number of carbonyl (C=O) groups is 2. The lowest BCUT2D eigenvalue weighted by atomic mass is 10.1. The molecule has 2 heterocycles. The van der Waals surface area contributed by atoms with Crippen LogP contribution in [0.3, 0.4) is 0 Å². The van der Waals surface area contributed by atoms with Gasteiger partial charge in [-0.1, -0.05) is 12.8 Å². The zero-order valence-corrected chi connectivity index (χ0v) is 14.2. The molecule has 1 atom stereocenters. The number of carbonyl (C=O) groups excluding carboxylic acids is 2. The molecule has 8 nitrogen and oxygen atoms in total. The van der Waals surface area contributed by atoms with Crippen LogP contribution >= 0.6 is 0 Å². The largest absolute Gasteiger partial charge is 0.330 e. The van der Waals surface area contributed by atoms with Crippen molar-refractivity contribution in [3.63, 3.8) is 0 Å². The van der Waals surface area contributed by atoms with Gasteiger partial charge in [-0.15, -0.1) is 0 Å². The van der Waals surface area contributed by atoms with Gasteiger partial charge in [-0.2, -0.15) is 0 Å². The van der Waals surface area contributed by atoms with Crippen molar-refractivity contribution >= 4 is 23.3 Å². The molecular formula is C17H22N4O4. The number of hydrogen-bond donors (Lipinski definition) is 1. The zero-order valence-electron chi connectivity index (χ0n) is 14.2. The molecule has 3 rings (SSSR count). The van der Waals surface area contributed by atoms with E-state index in [2.05, 4.69) is 10.3 Å². The van der Waals surface area contributed by atoms with Crippen molar-refractivity contribution in [2.24, 2.45) is 5.92 Å². The molecule has 0 aromatic carbocycles. The minimum Gasteiger partial charge on any atom is -0.330 e. The summed E-state index contributed by atoms with van der Waals surface area (Å²) in [4.78, 5) is 41.3. The first-order chi connectivity index (χ1) is 12.0. The SMILES string of the molecule is Cc1nc(NC(=O)[C@@H]2CCCN2C(=O)C2CCCC2)ccc1[N+](=O)[O-]. The predicted octanol–water partition coefficient (Wildman–Crippen LogP) is 2.42. The van der Waals surface area contributed by atoms with Gasteiger partial charge in [0.15, 0.2) is 0 Å². The minimum atomic E-state index is -0.507. The van der Waals surface area contributed by atoms with E-state index in [0.29, 0.717) is 13.0 Å². The number of pyridine rings is 1. The van der Waals surface area contributed by atoms with Gasteiger partial charge in [-0.25, -0.2) is 4.98 Å². The highest BCUT2D eigenvalue weighted by Gasteiger charge is 2.37. The van der Waals surface area contributed by atoms with Crippen molar-refractivity contribution in [3.8, 4) is 0 Å². The van der Waals surface area contributed by atoms with E-state index in [1.54, 1.807) is 4.90 Å². The molecule has 134 valence electrons. The summed E-state index contributed by atoms with van der Waals surface area (Å²) in [6.45, 7) is 2.14. The third-order valence-corrected chi connectivity index (χ3v) is 5.05. The monoisotopic (exact) mass is 346 g/mol. The Morgan fingerprint density at radius 2 is 1.96 bits per heavy atom. The highest BCUT2D eigenvalue weighted by atomic mass is 16.6. The van der Waals surface area contributed by atoms with Crippen molar-refractivity contribution in [2.75, 3.05) is 11.9 Å². The fourth-order valence-corrected chi connectivity index (χ4v) is 3.74. The number of nitrogens with zero attached hydrogens (tertiary/aromatic N) is 3. The molecule has 1 aromatic rings. The molecule has 2 fully saturated rings. The second kappa shape index (κ2) is 7.16. The highest BCUT2D eigenvalue weighted by molar-refractivity contribution is 5.97. The summed E-state index contributed by atoms with van der Waals surface area (Å²) in [6.07, 6.45) is 5.42. The molecule has 1 saturated carbocycles. The second-order valence-electron chi connectivity index (χ2n) is 6.72. The van der Waals surface area contributed by atoms with E-state index in [-0.39, 0.29) is 34.9 Å². The third kappa shape index (κ3) is 3.62. The average molecular weight is 346 g/mol. The number of anilines is 1. The number of nitro groups is 1. The number of nitrogens with one attached hydrogen (secondary N) is 1. The van der Waals surface area contributed by atoms with Crippen LogP contribution < -0.4 is 5.32 Å². The Bertz CT molecular complexity index is 700. The Balaban J connectivity index is 1.68. The summed E-state index contributed by atoms with van der Waals surface area (Å²) in [5.74, 6) is 0.133. The van der Waals surface area contributed by atoms with Crippen LogP contribution in [-0.2, 0) is 9.59 Å². The van der Waals surface area contributed by atoms with E-state index in [9.17, 15) is 19.7 Å². The van der Waals surface area contributed by atoms with Gasteiger partial charge < -0.3 is 10.2 Å². The van der Waals surface area contributed by atoms with Crippen LogP contribution in [-0.4, -0.2) is 39.2 Å². The summed E-state index contributed by atoms with van der Waals surface area (Å²) in [5, 5.41) is 13.5. The fourth-order valence-electron chi connectivity index (χ4n) is 3.74. The molecular weight excluding hydrogens is 324 g/mol. The normalized spacial score (nSPS) is 20.7. The van der Waals surface area contributed by atoms with Gasteiger partial charge in [0, 0.05) is 18.5 Å². The number of likely N-dealkylation sites (tertiary alicyclic amines) is 1. The van der Waals surface area contributed by atoms with Crippen LogP contribution in [0.5, 0.6) is 0 Å². The molecule has 8 heteroatoms. The molecule has 1 aliphatic heterocycles. The molecule has 2 amide bonds. The van der Waals surface area contributed by atoms with Gasteiger partial charge in [0.25, 0.3) is 5.69 Å². The lowest BCUT2D eigenvalue weighted by molar-refractivity contribution is -0.385. The summed E-state index contributed by atoms with van der Waals surface area (Å²) in [7, 11) is 0. The molecule has 1 saturated heterocycles. The van der Waals surface area contributed by atoms with Crippen LogP contribution in [0.1, 0.15) is 44.2 Å². The van der Waals surface area contributed by atoms with Gasteiger partial charge >= 0.3 is 0 Å². The van der Waals surface area contributed by atoms with Crippen LogP contribution in [0.25, 0.3) is 0 Å². The first-order valence-electron chi connectivity index (χ1n) is 8.71. The van der Waals surface area contributed by atoms with E-state index >= 15 is 0 Å². The summed E-state index contributed by atoms with van der Waals surface area (Å²) >= 11 is 0.